The summed E-state index contributed by atoms with van der Waals surface area (Å²) in [6, 6.07) is 9.55. The minimum absolute atomic E-state index is 0.322. The average Bonchev–Trinajstić information content (AvgIpc) is 2.75. The van der Waals surface area contributed by atoms with Gasteiger partial charge in [0.15, 0.2) is 0 Å². The van der Waals surface area contributed by atoms with Gasteiger partial charge in [-0.3, -0.25) is 0 Å². The smallest absolute Gasteiger partial charge is 0.00628 e. The highest BCUT2D eigenvalue weighted by molar-refractivity contribution is 8.33. The maximum Gasteiger partial charge on any atom is 0.00628 e. The average molecular weight is 409 g/mol. The predicted octanol–water partition coefficient (Wildman–Crippen LogP) is 7.65. The zero-order valence-electron chi connectivity index (χ0n) is 19.2. The van der Waals surface area contributed by atoms with Crippen LogP contribution in [0.25, 0.3) is 0 Å². The van der Waals surface area contributed by atoms with E-state index in [9.17, 15) is 0 Å². The normalized spacial score (nSPS) is 11.5. The van der Waals surface area contributed by atoms with Crippen LogP contribution in [0, 0.1) is 69.2 Å². The monoisotopic (exact) mass is 408 g/mol. The van der Waals surface area contributed by atoms with Crippen molar-refractivity contribution >= 4 is 25.4 Å². The quantitative estimate of drug-likeness (QED) is 0.390. The first-order chi connectivity index (χ1) is 13.0. The Morgan fingerprint density at radius 2 is 0.786 bits per heavy atom. The van der Waals surface area contributed by atoms with E-state index in [-0.39, 0.29) is 7.22 Å². The topological polar surface area (TPSA) is 0 Å². The van der Waals surface area contributed by atoms with Gasteiger partial charge in [-0.05, 0) is 124 Å². The van der Waals surface area contributed by atoms with Crippen molar-refractivity contribution in [3.8, 4) is 0 Å². The Labute approximate surface area is 174 Å². The number of hydrogen-bond acceptors (Lipinski definition) is 0. The van der Waals surface area contributed by atoms with E-state index in [2.05, 4.69) is 93.5 Å². The first-order valence-electron chi connectivity index (χ1n) is 10.2. The molecule has 0 saturated carbocycles. The van der Waals surface area contributed by atoms with Gasteiger partial charge in [0.2, 0.25) is 0 Å². The third-order valence-electron chi connectivity index (χ3n) is 6.18. The standard InChI is InChI=1S/C26H34P2/c1-15-11-17(3)25(18(4)12-15)28(26-19(5)13-16(2)14-20(26)6)27-23(9)21(7)22(8)24(27)10/h11-14H,1-10H3. The Balaban J connectivity index is 2.47. The van der Waals surface area contributed by atoms with Crippen LogP contribution in [0.2, 0.25) is 0 Å². The third-order valence-corrected chi connectivity index (χ3v) is 15.0. The Kier molecular flexibility index (Phi) is 5.96. The van der Waals surface area contributed by atoms with Crippen LogP contribution in [0.3, 0.4) is 0 Å². The van der Waals surface area contributed by atoms with Crippen LogP contribution in [0.1, 0.15) is 55.1 Å². The van der Waals surface area contributed by atoms with Gasteiger partial charge in [-0.2, -0.15) is 0 Å². The molecular weight excluding hydrogens is 374 g/mol. The zero-order chi connectivity index (χ0) is 20.9. The van der Waals surface area contributed by atoms with Gasteiger partial charge >= 0.3 is 0 Å². The summed E-state index contributed by atoms with van der Waals surface area (Å²) in [5, 5.41) is 6.50. The molecule has 1 aromatic heterocycles. The molecule has 0 atom stereocenters. The first-order valence-corrected chi connectivity index (χ1v) is 13.5. The highest BCUT2D eigenvalue weighted by Gasteiger charge is 2.28. The Morgan fingerprint density at radius 3 is 1.07 bits per heavy atom. The van der Waals surface area contributed by atoms with Gasteiger partial charge in [0.05, 0.1) is 0 Å². The van der Waals surface area contributed by atoms with Crippen molar-refractivity contribution in [3.05, 3.63) is 79.4 Å². The van der Waals surface area contributed by atoms with Crippen LogP contribution in [0.5, 0.6) is 0 Å². The Hall–Kier alpha value is -1.35. The second kappa shape index (κ2) is 7.82. The van der Waals surface area contributed by atoms with Crippen LogP contribution >= 0.6 is 14.8 Å². The molecule has 28 heavy (non-hydrogen) atoms. The summed E-state index contributed by atoms with van der Waals surface area (Å²) in [6.45, 7) is 23.2. The summed E-state index contributed by atoms with van der Waals surface area (Å²) >= 11 is 0. The molecule has 3 rings (SSSR count). The molecule has 0 spiro atoms. The summed E-state index contributed by atoms with van der Waals surface area (Å²) in [5.41, 5.74) is 11.7. The van der Waals surface area contributed by atoms with Gasteiger partial charge in [0.25, 0.3) is 0 Å². The zero-order valence-corrected chi connectivity index (χ0v) is 21.0. The number of rotatable bonds is 3. The largest absolute Gasteiger partial charge is 0.0844 e. The van der Waals surface area contributed by atoms with Crippen LogP contribution in [-0.4, -0.2) is 0 Å². The lowest BCUT2D eigenvalue weighted by atomic mass is 10.1. The molecule has 0 saturated heterocycles. The van der Waals surface area contributed by atoms with E-state index in [0.717, 1.165) is 0 Å². The van der Waals surface area contributed by atoms with Crippen molar-refractivity contribution < 1.29 is 0 Å². The van der Waals surface area contributed by atoms with E-state index in [1.54, 1.807) is 21.2 Å². The third kappa shape index (κ3) is 3.51. The van der Waals surface area contributed by atoms with E-state index in [4.69, 9.17) is 0 Å². The lowest BCUT2D eigenvalue weighted by molar-refractivity contribution is 1.32. The Morgan fingerprint density at radius 1 is 0.500 bits per heavy atom. The number of benzene rings is 2. The molecule has 0 aliphatic heterocycles. The highest BCUT2D eigenvalue weighted by atomic mass is 32.1. The molecule has 3 aromatic rings. The molecule has 0 amide bonds. The lowest BCUT2D eigenvalue weighted by Crippen LogP contribution is -2.20. The minimum Gasteiger partial charge on any atom is -0.0844 e. The lowest BCUT2D eigenvalue weighted by Gasteiger charge is -2.28. The second-order valence-corrected chi connectivity index (χ2v) is 14.4. The number of aryl methyl sites for hydroxylation is 6. The van der Waals surface area contributed by atoms with Crippen molar-refractivity contribution in [1.82, 2.24) is 0 Å². The van der Waals surface area contributed by atoms with Crippen molar-refractivity contribution in [3.63, 3.8) is 0 Å². The fraction of sp³-hybridized carbons (Fsp3) is 0.385. The first kappa shape index (κ1) is 21.4. The highest BCUT2D eigenvalue weighted by Crippen LogP contribution is 2.68. The van der Waals surface area contributed by atoms with Crippen LogP contribution in [0.15, 0.2) is 24.3 Å². The van der Waals surface area contributed by atoms with Gasteiger partial charge in [-0.25, -0.2) is 0 Å². The Bertz CT molecular complexity index is 938. The molecule has 2 heteroatoms. The molecule has 148 valence electrons. The second-order valence-electron chi connectivity index (χ2n) is 8.54. The van der Waals surface area contributed by atoms with E-state index in [1.165, 1.54) is 44.5 Å². The molecular formula is C26H34P2. The minimum atomic E-state index is -0.443. The fourth-order valence-electron chi connectivity index (χ4n) is 4.74. The van der Waals surface area contributed by atoms with Crippen molar-refractivity contribution in [2.75, 3.05) is 0 Å². The molecule has 0 bridgehead atoms. The van der Waals surface area contributed by atoms with E-state index >= 15 is 0 Å². The summed E-state index contributed by atoms with van der Waals surface area (Å²) in [4.78, 5) is 0. The molecule has 0 radical (unpaired) electrons. The van der Waals surface area contributed by atoms with Crippen LogP contribution in [0.4, 0.5) is 0 Å². The van der Waals surface area contributed by atoms with E-state index < -0.39 is 7.61 Å². The van der Waals surface area contributed by atoms with Crippen molar-refractivity contribution in [1.29, 1.82) is 0 Å². The van der Waals surface area contributed by atoms with Gasteiger partial charge in [-0.1, -0.05) is 42.6 Å². The van der Waals surface area contributed by atoms with E-state index in [0.29, 0.717) is 0 Å². The molecule has 1 heterocycles. The molecule has 0 fully saturated rings. The van der Waals surface area contributed by atoms with E-state index in [1.807, 2.05) is 0 Å². The number of hydrogen-bond donors (Lipinski definition) is 0. The van der Waals surface area contributed by atoms with Gasteiger partial charge in [0, 0.05) is 7.61 Å². The summed E-state index contributed by atoms with van der Waals surface area (Å²) in [6.07, 6.45) is 0. The van der Waals surface area contributed by atoms with Gasteiger partial charge < -0.3 is 0 Å². The molecule has 0 nitrogen and oxygen atoms in total. The van der Waals surface area contributed by atoms with Gasteiger partial charge in [-0.15, -0.1) is 0 Å². The van der Waals surface area contributed by atoms with Gasteiger partial charge in [0.1, 0.15) is 0 Å². The fourth-order valence-corrected chi connectivity index (χ4v) is 14.8. The van der Waals surface area contributed by atoms with Crippen molar-refractivity contribution in [2.45, 2.75) is 69.2 Å². The molecule has 0 aliphatic rings. The molecule has 0 aliphatic carbocycles. The molecule has 0 unspecified atom stereocenters. The van der Waals surface area contributed by atoms with Crippen LogP contribution in [-0.2, 0) is 0 Å². The predicted molar refractivity (Wildman–Crippen MR) is 131 cm³/mol. The summed E-state index contributed by atoms with van der Waals surface area (Å²) in [7, 11) is -0.765. The molecule has 2 aromatic carbocycles. The SMILES string of the molecule is Cc1cc(C)c(P(c2c(C)cc(C)cc2C)p2c(C)c(C)c(C)c2C)c(C)c1. The molecule has 0 N–H and O–H groups in total. The summed E-state index contributed by atoms with van der Waals surface area (Å²) in [5.74, 6) is 0. The maximum absolute atomic E-state index is 2.40. The maximum atomic E-state index is 2.40. The van der Waals surface area contributed by atoms with Crippen LogP contribution < -0.4 is 10.6 Å². The summed E-state index contributed by atoms with van der Waals surface area (Å²) < 4.78 is 0. The van der Waals surface area contributed by atoms with Crippen molar-refractivity contribution in [2.24, 2.45) is 0 Å².